The second kappa shape index (κ2) is 6.05. The van der Waals surface area contributed by atoms with Gasteiger partial charge in [-0.05, 0) is 43.0 Å². The van der Waals surface area contributed by atoms with E-state index in [-0.39, 0.29) is 4.82 Å². The van der Waals surface area contributed by atoms with Gasteiger partial charge in [-0.3, -0.25) is 4.79 Å². The average Bonchev–Trinajstić information content (AvgIpc) is 2.29. The van der Waals surface area contributed by atoms with Gasteiger partial charge in [0.05, 0.1) is 7.11 Å². The SMILES string of the molecule is COc1cc(C)c(CCN(C)C(=O)Br)cc1C. The number of amides is 1. The molecule has 0 atom stereocenters. The van der Waals surface area contributed by atoms with Crippen LogP contribution >= 0.6 is 15.9 Å². The minimum atomic E-state index is -0.0830. The topological polar surface area (TPSA) is 29.5 Å². The maximum atomic E-state index is 11.0. The lowest BCUT2D eigenvalue weighted by atomic mass is 10.0. The Morgan fingerprint density at radius 3 is 2.53 bits per heavy atom. The van der Waals surface area contributed by atoms with Crippen LogP contribution in [0.2, 0.25) is 0 Å². The monoisotopic (exact) mass is 299 g/mol. The third kappa shape index (κ3) is 3.73. The van der Waals surface area contributed by atoms with E-state index in [2.05, 4.69) is 28.9 Å². The van der Waals surface area contributed by atoms with Gasteiger partial charge < -0.3 is 9.64 Å². The van der Waals surface area contributed by atoms with E-state index in [4.69, 9.17) is 4.74 Å². The zero-order valence-corrected chi connectivity index (χ0v) is 12.3. The molecular formula is C13H18BrNO2. The van der Waals surface area contributed by atoms with Gasteiger partial charge in [-0.1, -0.05) is 6.07 Å². The van der Waals surface area contributed by atoms with E-state index in [1.807, 2.05) is 13.0 Å². The van der Waals surface area contributed by atoms with Gasteiger partial charge in [0, 0.05) is 29.5 Å². The first-order valence-electron chi connectivity index (χ1n) is 5.50. The highest BCUT2D eigenvalue weighted by Crippen LogP contribution is 2.22. The summed E-state index contributed by atoms with van der Waals surface area (Å²) in [4.78, 5) is 12.6. The largest absolute Gasteiger partial charge is 0.496 e. The van der Waals surface area contributed by atoms with E-state index < -0.39 is 0 Å². The summed E-state index contributed by atoms with van der Waals surface area (Å²) in [5, 5.41) is 0. The predicted molar refractivity (Wildman–Crippen MR) is 73.1 cm³/mol. The number of hydrogen-bond donors (Lipinski definition) is 0. The van der Waals surface area contributed by atoms with Gasteiger partial charge in [0.2, 0.25) is 0 Å². The lowest BCUT2D eigenvalue weighted by molar-refractivity contribution is 0.235. The zero-order valence-electron chi connectivity index (χ0n) is 10.7. The molecule has 0 aliphatic rings. The highest BCUT2D eigenvalue weighted by Gasteiger charge is 2.08. The van der Waals surface area contributed by atoms with Crippen LogP contribution < -0.4 is 4.74 Å². The molecule has 0 heterocycles. The van der Waals surface area contributed by atoms with E-state index >= 15 is 0 Å². The molecule has 3 nitrogen and oxygen atoms in total. The van der Waals surface area contributed by atoms with Crippen molar-refractivity contribution < 1.29 is 9.53 Å². The van der Waals surface area contributed by atoms with E-state index in [1.54, 1.807) is 19.1 Å². The van der Waals surface area contributed by atoms with Crippen LogP contribution in [-0.2, 0) is 6.42 Å². The second-order valence-electron chi connectivity index (χ2n) is 4.17. The van der Waals surface area contributed by atoms with Gasteiger partial charge >= 0.3 is 0 Å². The summed E-state index contributed by atoms with van der Waals surface area (Å²) in [7, 11) is 3.46. The highest BCUT2D eigenvalue weighted by atomic mass is 79.9. The Kier molecular flexibility index (Phi) is 5.00. The van der Waals surface area contributed by atoms with Crippen molar-refractivity contribution in [1.82, 2.24) is 4.90 Å². The Bertz CT molecular complexity index is 418. The maximum absolute atomic E-state index is 11.0. The quantitative estimate of drug-likeness (QED) is 0.631. The second-order valence-corrected chi connectivity index (χ2v) is 4.85. The molecule has 0 saturated heterocycles. The summed E-state index contributed by atoms with van der Waals surface area (Å²) < 4.78 is 5.27. The summed E-state index contributed by atoms with van der Waals surface area (Å²) in [5.41, 5.74) is 3.58. The number of likely N-dealkylation sites (N-methyl/N-ethyl adjacent to an activating group) is 1. The molecule has 1 amide bonds. The summed E-state index contributed by atoms with van der Waals surface area (Å²) in [6, 6.07) is 4.17. The Labute approximate surface area is 111 Å². The fourth-order valence-electron chi connectivity index (χ4n) is 1.71. The molecule has 0 saturated carbocycles. The van der Waals surface area contributed by atoms with Crippen molar-refractivity contribution in [3.8, 4) is 5.75 Å². The smallest absolute Gasteiger partial charge is 0.289 e. The number of aryl methyl sites for hydroxylation is 2. The van der Waals surface area contributed by atoms with Crippen LogP contribution in [0, 0.1) is 13.8 Å². The average molecular weight is 300 g/mol. The molecule has 0 aliphatic heterocycles. The van der Waals surface area contributed by atoms with Gasteiger partial charge in [0.15, 0.2) is 0 Å². The Morgan fingerprint density at radius 1 is 1.35 bits per heavy atom. The molecule has 0 N–H and O–H groups in total. The normalized spacial score (nSPS) is 10.2. The van der Waals surface area contributed by atoms with E-state index in [1.165, 1.54) is 11.1 Å². The predicted octanol–water partition coefficient (Wildman–Crippen LogP) is 3.30. The fraction of sp³-hybridized carbons (Fsp3) is 0.462. The first-order chi connectivity index (χ1) is 7.95. The molecule has 1 rings (SSSR count). The van der Waals surface area contributed by atoms with E-state index in [0.29, 0.717) is 6.54 Å². The fourth-order valence-corrected chi connectivity index (χ4v) is 1.89. The van der Waals surface area contributed by atoms with Crippen LogP contribution in [0.1, 0.15) is 16.7 Å². The van der Waals surface area contributed by atoms with Crippen LogP contribution in [0.15, 0.2) is 12.1 Å². The Balaban J connectivity index is 2.78. The molecule has 0 aliphatic carbocycles. The van der Waals surface area contributed by atoms with Crippen molar-refractivity contribution in [3.05, 3.63) is 28.8 Å². The van der Waals surface area contributed by atoms with Crippen molar-refractivity contribution >= 4 is 20.7 Å². The molecule has 1 aromatic carbocycles. The molecule has 0 spiro atoms. The first kappa shape index (κ1) is 14.0. The maximum Gasteiger partial charge on any atom is 0.289 e. The van der Waals surface area contributed by atoms with Gasteiger partial charge in [-0.25, -0.2) is 0 Å². The van der Waals surface area contributed by atoms with Crippen molar-refractivity contribution in [1.29, 1.82) is 0 Å². The third-order valence-electron chi connectivity index (χ3n) is 2.87. The molecule has 0 unspecified atom stereocenters. The molecule has 94 valence electrons. The molecule has 0 fully saturated rings. The molecule has 17 heavy (non-hydrogen) atoms. The lowest BCUT2D eigenvalue weighted by Crippen LogP contribution is -2.23. The van der Waals surface area contributed by atoms with Crippen LogP contribution in [0.4, 0.5) is 4.79 Å². The highest BCUT2D eigenvalue weighted by molar-refractivity contribution is 9.18. The summed E-state index contributed by atoms with van der Waals surface area (Å²) >= 11 is 2.94. The first-order valence-corrected chi connectivity index (χ1v) is 6.29. The minimum absolute atomic E-state index is 0.0830. The number of methoxy groups -OCH3 is 1. The molecule has 4 heteroatoms. The number of carbonyl (C=O) groups excluding carboxylic acids is 1. The van der Waals surface area contributed by atoms with Crippen molar-refractivity contribution in [2.45, 2.75) is 20.3 Å². The van der Waals surface area contributed by atoms with Gasteiger partial charge in [-0.15, -0.1) is 0 Å². The number of hydrogen-bond acceptors (Lipinski definition) is 2. The molecule has 1 aromatic rings. The van der Waals surface area contributed by atoms with Crippen LogP contribution in [0.5, 0.6) is 5.75 Å². The van der Waals surface area contributed by atoms with Gasteiger partial charge in [-0.2, -0.15) is 0 Å². The summed E-state index contributed by atoms with van der Waals surface area (Å²) in [6.45, 7) is 4.80. The van der Waals surface area contributed by atoms with Gasteiger partial charge in [0.25, 0.3) is 4.82 Å². The Hall–Kier alpha value is -1.03. The molecular weight excluding hydrogens is 282 g/mol. The van der Waals surface area contributed by atoms with Crippen LogP contribution in [0.25, 0.3) is 0 Å². The number of carbonyl (C=O) groups is 1. The minimum Gasteiger partial charge on any atom is -0.496 e. The van der Waals surface area contributed by atoms with Crippen molar-refractivity contribution in [3.63, 3.8) is 0 Å². The van der Waals surface area contributed by atoms with E-state index in [0.717, 1.165) is 17.7 Å². The van der Waals surface area contributed by atoms with Gasteiger partial charge in [0.1, 0.15) is 5.75 Å². The number of halogens is 1. The number of nitrogens with zero attached hydrogens (tertiary/aromatic N) is 1. The molecule has 0 radical (unpaired) electrons. The third-order valence-corrected chi connectivity index (χ3v) is 3.48. The number of rotatable bonds is 4. The van der Waals surface area contributed by atoms with Crippen LogP contribution in [-0.4, -0.2) is 30.4 Å². The lowest BCUT2D eigenvalue weighted by Gasteiger charge is -2.16. The standard InChI is InChI=1S/C13H18BrNO2/c1-9-8-12(17-4)10(2)7-11(9)5-6-15(3)13(14)16/h7-8H,5-6H2,1-4H3. The van der Waals surface area contributed by atoms with Crippen LogP contribution in [0.3, 0.4) is 0 Å². The Morgan fingerprint density at radius 2 is 2.00 bits per heavy atom. The van der Waals surface area contributed by atoms with E-state index in [9.17, 15) is 4.79 Å². The molecule has 0 bridgehead atoms. The van der Waals surface area contributed by atoms with Crippen molar-refractivity contribution in [2.75, 3.05) is 20.7 Å². The number of benzene rings is 1. The summed E-state index contributed by atoms with van der Waals surface area (Å²) in [6.07, 6.45) is 0.852. The van der Waals surface area contributed by atoms with Crippen molar-refractivity contribution in [2.24, 2.45) is 0 Å². The summed E-state index contributed by atoms with van der Waals surface area (Å²) in [5.74, 6) is 0.913. The number of ether oxygens (including phenoxy) is 1. The zero-order chi connectivity index (χ0) is 13.0. The molecule has 0 aromatic heterocycles.